The third-order valence-electron chi connectivity index (χ3n) is 4.47. The fourth-order valence-corrected chi connectivity index (χ4v) is 4.45. The number of sulfonamides is 1. The van der Waals surface area contributed by atoms with E-state index in [1.807, 2.05) is 30.3 Å². The molecule has 3 rings (SSSR count). The molecule has 0 saturated carbocycles. The number of halogens is 2. The van der Waals surface area contributed by atoms with Crippen molar-refractivity contribution in [2.24, 2.45) is 0 Å². The summed E-state index contributed by atoms with van der Waals surface area (Å²) in [5.74, 6) is -0.937. The van der Waals surface area contributed by atoms with Crippen molar-refractivity contribution < 1.29 is 17.6 Å². The highest BCUT2D eigenvalue weighted by atomic mass is 127. The van der Waals surface area contributed by atoms with Gasteiger partial charge in [-0.05, 0) is 89.5 Å². The maximum Gasteiger partial charge on any atom is 0.242 e. The molecule has 1 atom stereocenters. The summed E-state index contributed by atoms with van der Waals surface area (Å²) in [6.45, 7) is 1.67. The van der Waals surface area contributed by atoms with Gasteiger partial charge >= 0.3 is 0 Å². The normalized spacial score (nSPS) is 12.4. The minimum Gasteiger partial charge on any atom is -0.324 e. The van der Waals surface area contributed by atoms with Crippen LogP contribution in [0.15, 0.2) is 77.7 Å². The molecule has 0 aliphatic heterocycles. The number of rotatable bonds is 7. The van der Waals surface area contributed by atoms with E-state index in [0.29, 0.717) is 11.3 Å². The predicted octanol–water partition coefficient (Wildman–Crippen LogP) is 4.27. The lowest BCUT2D eigenvalue weighted by atomic mass is 10.1. The van der Waals surface area contributed by atoms with Gasteiger partial charge in [0.05, 0.1) is 4.90 Å². The highest BCUT2D eigenvalue weighted by Gasteiger charge is 2.26. The van der Waals surface area contributed by atoms with Gasteiger partial charge in [-0.25, -0.2) is 12.8 Å². The van der Waals surface area contributed by atoms with Crippen LogP contribution in [0.3, 0.4) is 0 Å². The van der Waals surface area contributed by atoms with Crippen LogP contribution in [0.4, 0.5) is 10.1 Å². The Morgan fingerprint density at radius 1 is 1.03 bits per heavy atom. The van der Waals surface area contributed by atoms with Crippen molar-refractivity contribution in [1.82, 2.24) is 4.72 Å². The largest absolute Gasteiger partial charge is 0.324 e. The maximum absolute atomic E-state index is 13.4. The van der Waals surface area contributed by atoms with E-state index in [2.05, 4.69) is 32.6 Å². The Hall–Kier alpha value is -2.30. The SMILES string of the molecule is Cc1cc(F)ccc1NC(=O)[C@@H](Cc1ccccc1)NS(=O)(=O)c1ccc(I)cc1. The fraction of sp³-hybridized carbons (Fsp3) is 0.136. The lowest BCUT2D eigenvalue weighted by Gasteiger charge is -2.19. The minimum absolute atomic E-state index is 0.0757. The Morgan fingerprint density at radius 3 is 2.33 bits per heavy atom. The van der Waals surface area contributed by atoms with Crippen LogP contribution < -0.4 is 10.0 Å². The molecule has 5 nitrogen and oxygen atoms in total. The van der Waals surface area contributed by atoms with Crippen molar-refractivity contribution in [3.8, 4) is 0 Å². The van der Waals surface area contributed by atoms with Crippen LogP contribution in [0.25, 0.3) is 0 Å². The summed E-state index contributed by atoms with van der Waals surface area (Å²) in [6.07, 6.45) is 0.163. The van der Waals surface area contributed by atoms with Crippen LogP contribution in [0.2, 0.25) is 0 Å². The van der Waals surface area contributed by atoms with Gasteiger partial charge < -0.3 is 5.32 Å². The topological polar surface area (TPSA) is 75.3 Å². The van der Waals surface area contributed by atoms with Crippen LogP contribution in [0, 0.1) is 16.3 Å². The second-order valence-electron chi connectivity index (χ2n) is 6.77. The molecule has 0 unspecified atom stereocenters. The second-order valence-corrected chi connectivity index (χ2v) is 9.73. The smallest absolute Gasteiger partial charge is 0.242 e. The number of hydrogen-bond donors (Lipinski definition) is 2. The summed E-state index contributed by atoms with van der Waals surface area (Å²) in [5, 5.41) is 2.71. The van der Waals surface area contributed by atoms with E-state index < -0.39 is 27.8 Å². The first-order valence-electron chi connectivity index (χ1n) is 9.13. The number of amides is 1. The van der Waals surface area contributed by atoms with E-state index in [0.717, 1.165) is 9.13 Å². The van der Waals surface area contributed by atoms with E-state index in [1.54, 1.807) is 19.1 Å². The zero-order valence-electron chi connectivity index (χ0n) is 16.1. The molecule has 30 heavy (non-hydrogen) atoms. The Morgan fingerprint density at radius 2 is 1.70 bits per heavy atom. The molecule has 0 aliphatic rings. The van der Waals surface area contributed by atoms with Gasteiger partial charge in [0, 0.05) is 9.26 Å². The van der Waals surface area contributed by atoms with Crippen molar-refractivity contribution in [2.75, 3.05) is 5.32 Å². The van der Waals surface area contributed by atoms with Gasteiger partial charge in [-0.1, -0.05) is 30.3 Å². The van der Waals surface area contributed by atoms with Crippen LogP contribution in [-0.4, -0.2) is 20.4 Å². The summed E-state index contributed by atoms with van der Waals surface area (Å²) in [6, 6.07) is 18.4. The Labute approximate surface area is 188 Å². The van der Waals surface area contributed by atoms with E-state index in [4.69, 9.17) is 0 Å². The Bertz CT molecular complexity index is 1140. The van der Waals surface area contributed by atoms with Gasteiger partial charge in [-0.15, -0.1) is 0 Å². The molecular formula is C22H20FIN2O3S. The first-order valence-corrected chi connectivity index (χ1v) is 11.7. The standard InChI is InChI=1S/C22H20FIN2O3S/c1-15-13-17(23)7-12-20(15)25-22(27)21(14-16-5-3-2-4-6-16)26-30(28,29)19-10-8-18(24)9-11-19/h2-13,21,26H,14H2,1H3,(H,25,27)/t21-/m1/s1. The number of anilines is 1. The average Bonchev–Trinajstić information content (AvgIpc) is 2.70. The maximum atomic E-state index is 13.4. The first kappa shape index (κ1) is 22.4. The van der Waals surface area contributed by atoms with Crippen molar-refractivity contribution in [3.63, 3.8) is 0 Å². The molecule has 0 aliphatic carbocycles. The number of hydrogen-bond acceptors (Lipinski definition) is 3. The zero-order valence-corrected chi connectivity index (χ0v) is 19.1. The molecule has 3 aromatic carbocycles. The molecule has 0 saturated heterocycles. The van der Waals surface area contributed by atoms with Crippen LogP contribution in [0.5, 0.6) is 0 Å². The average molecular weight is 538 g/mol. The molecule has 0 heterocycles. The summed E-state index contributed by atoms with van der Waals surface area (Å²) >= 11 is 2.09. The number of aryl methyl sites for hydroxylation is 1. The summed E-state index contributed by atoms with van der Waals surface area (Å²) in [7, 11) is -3.92. The van der Waals surface area contributed by atoms with Gasteiger partial charge in [0.15, 0.2) is 0 Å². The van der Waals surface area contributed by atoms with E-state index in [-0.39, 0.29) is 11.3 Å². The monoisotopic (exact) mass is 538 g/mol. The molecule has 0 bridgehead atoms. The highest BCUT2D eigenvalue weighted by molar-refractivity contribution is 14.1. The number of nitrogens with one attached hydrogen (secondary N) is 2. The van der Waals surface area contributed by atoms with Gasteiger partial charge in [0.2, 0.25) is 15.9 Å². The Kier molecular flexibility index (Phi) is 7.22. The van der Waals surface area contributed by atoms with Crippen molar-refractivity contribution >= 4 is 44.2 Å². The third-order valence-corrected chi connectivity index (χ3v) is 6.67. The lowest BCUT2D eigenvalue weighted by molar-refractivity contribution is -0.117. The second kappa shape index (κ2) is 9.67. The van der Waals surface area contributed by atoms with Crippen molar-refractivity contribution in [3.05, 3.63) is 93.3 Å². The summed E-state index contributed by atoms with van der Waals surface area (Å²) < 4.78 is 42.5. The molecule has 1 amide bonds. The van der Waals surface area contributed by atoms with Gasteiger partial charge in [0.1, 0.15) is 11.9 Å². The molecule has 0 aromatic heterocycles. The van der Waals surface area contributed by atoms with Crippen molar-refractivity contribution in [2.45, 2.75) is 24.3 Å². The van der Waals surface area contributed by atoms with Gasteiger partial charge in [-0.3, -0.25) is 4.79 Å². The van der Waals surface area contributed by atoms with Gasteiger partial charge in [-0.2, -0.15) is 4.72 Å². The minimum atomic E-state index is -3.92. The summed E-state index contributed by atoms with van der Waals surface area (Å²) in [5.41, 5.74) is 1.77. The van der Waals surface area contributed by atoms with E-state index in [9.17, 15) is 17.6 Å². The van der Waals surface area contributed by atoms with E-state index in [1.165, 1.54) is 30.3 Å². The lowest BCUT2D eigenvalue weighted by Crippen LogP contribution is -2.45. The molecule has 0 fully saturated rings. The molecule has 0 spiro atoms. The first-order chi connectivity index (χ1) is 14.2. The third kappa shape index (κ3) is 5.87. The van der Waals surface area contributed by atoms with E-state index >= 15 is 0 Å². The Balaban J connectivity index is 1.87. The van der Waals surface area contributed by atoms with Crippen LogP contribution >= 0.6 is 22.6 Å². The molecule has 2 N–H and O–H groups in total. The zero-order chi connectivity index (χ0) is 21.7. The fourth-order valence-electron chi connectivity index (χ4n) is 2.89. The number of carbonyl (C=O) groups excluding carboxylic acids is 1. The quantitative estimate of drug-likeness (QED) is 0.442. The summed E-state index contributed by atoms with van der Waals surface area (Å²) in [4.78, 5) is 13.1. The molecule has 3 aromatic rings. The van der Waals surface area contributed by atoms with Crippen LogP contribution in [-0.2, 0) is 21.2 Å². The highest BCUT2D eigenvalue weighted by Crippen LogP contribution is 2.18. The molecular weight excluding hydrogens is 518 g/mol. The molecule has 156 valence electrons. The van der Waals surface area contributed by atoms with Crippen LogP contribution in [0.1, 0.15) is 11.1 Å². The predicted molar refractivity (Wildman–Crippen MR) is 123 cm³/mol. The van der Waals surface area contributed by atoms with Gasteiger partial charge in [0.25, 0.3) is 0 Å². The number of benzene rings is 3. The molecule has 0 radical (unpaired) electrons. The number of carbonyl (C=O) groups is 1. The molecule has 8 heteroatoms. The van der Waals surface area contributed by atoms with Crippen molar-refractivity contribution in [1.29, 1.82) is 0 Å².